The summed E-state index contributed by atoms with van der Waals surface area (Å²) in [6.45, 7) is 2.76. The van der Waals surface area contributed by atoms with E-state index in [0.717, 1.165) is 18.7 Å². The Bertz CT molecular complexity index is 413. The van der Waals surface area contributed by atoms with E-state index >= 15 is 0 Å². The van der Waals surface area contributed by atoms with Crippen LogP contribution in [0, 0.1) is 0 Å². The van der Waals surface area contributed by atoms with Crippen molar-refractivity contribution >= 4 is 17.3 Å². The van der Waals surface area contributed by atoms with Crippen LogP contribution < -0.4 is 16.4 Å². The highest BCUT2D eigenvalue weighted by atomic mass is 16.1. The molecule has 0 aliphatic rings. The molecule has 92 valence electrons. The van der Waals surface area contributed by atoms with Crippen molar-refractivity contribution in [3.63, 3.8) is 0 Å². The zero-order valence-electron chi connectivity index (χ0n) is 10.3. The second-order valence-electron chi connectivity index (χ2n) is 3.67. The van der Waals surface area contributed by atoms with Gasteiger partial charge in [0, 0.05) is 25.0 Å². The van der Waals surface area contributed by atoms with E-state index in [9.17, 15) is 4.79 Å². The number of carbonyl (C=O) groups excluding carboxylic acids is 1. The first kappa shape index (κ1) is 13.1. The van der Waals surface area contributed by atoms with Crippen LogP contribution in [0.2, 0.25) is 0 Å². The minimum atomic E-state index is -0.112. The lowest BCUT2D eigenvalue weighted by Crippen LogP contribution is -2.20. The van der Waals surface area contributed by atoms with Gasteiger partial charge < -0.3 is 16.4 Å². The maximum atomic E-state index is 11.6. The summed E-state index contributed by atoms with van der Waals surface area (Å²) < 4.78 is 0. The summed E-state index contributed by atoms with van der Waals surface area (Å²) in [6.07, 6.45) is 4.98. The average Bonchev–Trinajstić information content (AvgIpc) is 2.34. The Kier molecular flexibility index (Phi) is 5.07. The van der Waals surface area contributed by atoms with Gasteiger partial charge in [-0.05, 0) is 31.5 Å². The molecule has 0 aliphatic carbocycles. The summed E-state index contributed by atoms with van der Waals surface area (Å²) in [5.74, 6) is -0.112. The van der Waals surface area contributed by atoms with Crippen molar-refractivity contribution in [1.29, 1.82) is 0 Å². The van der Waals surface area contributed by atoms with Crippen molar-refractivity contribution in [3.05, 3.63) is 35.9 Å². The van der Waals surface area contributed by atoms with Crippen molar-refractivity contribution in [2.24, 2.45) is 0 Å². The van der Waals surface area contributed by atoms with Crippen LogP contribution in [0.4, 0.5) is 11.4 Å². The predicted molar refractivity (Wildman–Crippen MR) is 72.2 cm³/mol. The van der Waals surface area contributed by atoms with Gasteiger partial charge in [0.05, 0.1) is 5.56 Å². The summed E-state index contributed by atoms with van der Waals surface area (Å²) in [5, 5.41) is 5.82. The fraction of sp³-hybridized carbons (Fsp3) is 0.308. The standard InChI is InChI=1S/C13H19N3O/c1-3-4-5-8-16-12-9-10(14)6-7-11(12)13(17)15-2/h3-4,6-7,9,16H,5,8,14H2,1-2H3,(H,15,17)/b4-3+. The second kappa shape index (κ2) is 6.58. The fourth-order valence-electron chi connectivity index (χ4n) is 1.50. The molecule has 0 spiro atoms. The zero-order valence-corrected chi connectivity index (χ0v) is 10.3. The number of allylic oxidation sites excluding steroid dienone is 1. The number of nitrogens with one attached hydrogen (secondary N) is 2. The van der Waals surface area contributed by atoms with E-state index in [2.05, 4.69) is 16.7 Å². The Morgan fingerprint density at radius 1 is 1.47 bits per heavy atom. The number of hydrogen-bond acceptors (Lipinski definition) is 3. The SMILES string of the molecule is C/C=C/CCNc1cc(N)ccc1C(=O)NC. The molecule has 4 N–H and O–H groups in total. The van der Waals surface area contributed by atoms with E-state index in [4.69, 9.17) is 5.73 Å². The Morgan fingerprint density at radius 2 is 2.24 bits per heavy atom. The zero-order chi connectivity index (χ0) is 12.7. The molecule has 0 aromatic heterocycles. The molecule has 0 unspecified atom stereocenters. The molecule has 0 bridgehead atoms. The number of carbonyl (C=O) groups is 1. The van der Waals surface area contributed by atoms with Gasteiger partial charge in [0.15, 0.2) is 0 Å². The smallest absolute Gasteiger partial charge is 0.253 e. The molecule has 0 saturated heterocycles. The molecule has 0 heterocycles. The fourth-order valence-corrected chi connectivity index (χ4v) is 1.50. The summed E-state index contributed by atoms with van der Waals surface area (Å²) in [5.41, 5.74) is 7.74. The maximum absolute atomic E-state index is 11.6. The van der Waals surface area contributed by atoms with Crippen LogP contribution in [0.1, 0.15) is 23.7 Å². The third-order valence-corrected chi connectivity index (χ3v) is 2.38. The van der Waals surface area contributed by atoms with Crippen LogP contribution in [-0.2, 0) is 0 Å². The van der Waals surface area contributed by atoms with Crippen molar-refractivity contribution in [1.82, 2.24) is 5.32 Å². The molecule has 1 aromatic rings. The first-order valence-corrected chi connectivity index (χ1v) is 5.65. The lowest BCUT2D eigenvalue weighted by Gasteiger charge is -2.11. The highest BCUT2D eigenvalue weighted by Gasteiger charge is 2.09. The van der Waals surface area contributed by atoms with Crippen molar-refractivity contribution < 1.29 is 4.79 Å². The lowest BCUT2D eigenvalue weighted by atomic mass is 10.1. The number of hydrogen-bond donors (Lipinski definition) is 3. The van der Waals surface area contributed by atoms with Gasteiger partial charge in [-0.2, -0.15) is 0 Å². The molecule has 17 heavy (non-hydrogen) atoms. The molecular weight excluding hydrogens is 214 g/mol. The van der Waals surface area contributed by atoms with Crippen LogP contribution in [0.15, 0.2) is 30.4 Å². The van der Waals surface area contributed by atoms with Gasteiger partial charge in [0.25, 0.3) is 5.91 Å². The van der Waals surface area contributed by atoms with Crippen molar-refractivity contribution in [2.45, 2.75) is 13.3 Å². The average molecular weight is 233 g/mol. The third kappa shape index (κ3) is 3.83. The molecule has 0 saturated carbocycles. The van der Waals surface area contributed by atoms with E-state index in [0.29, 0.717) is 11.3 Å². The number of amides is 1. The minimum Gasteiger partial charge on any atom is -0.399 e. The normalized spacial score (nSPS) is 10.5. The lowest BCUT2D eigenvalue weighted by molar-refractivity contribution is 0.0964. The van der Waals surface area contributed by atoms with E-state index in [1.54, 1.807) is 25.2 Å². The van der Waals surface area contributed by atoms with Gasteiger partial charge in [-0.3, -0.25) is 4.79 Å². The number of anilines is 2. The molecule has 0 radical (unpaired) electrons. The maximum Gasteiger partial charge on any atom is 0.253 e. The summed E-state index contributed by atoms with van der Waals surface area (Å²) in [4.78, 5) is 11.6. The van der Waals surface area contributed by atoms with Crippen LogP contribution >= 0.6 is 0 Å². The minimum absolute atomic E-state index is 0.112. The molecule has 1 aromatic carbocycles. The molecule has 4 heteroatoms. The number of benzene rings is 1. The van der Waals surface area contributed by atoms with Gasteiger partial charge in [0.1, 0.15) is 0 Å². The number of nitrogens with two attached hydrogens (primary N) is 1. The topological polar surface area (TPSA) is 67.1 Å². The summed E-state index contributed by atoms with van der Waals surface area (Å²) in [7, 11) is 1.61. The molecule has 0 atom stereocenters. The van der Waals surface area contributed by atoms with E-state index in [1.807, 2.05) is 13.0 Å². The van der Waals surface area contributed by atoms with Crippen LogP contribution in [0.25, 0.3) is 0 Å². The van der Waals surface area contributed by atoms with Crippen molar-refractivity contribution in [2.75, 3.05) is 24.6 Å². The Balaban J connectivity index is 2.80. The van der Waals surface area contributed by atoms with Gasteiger partial charge in [-0.15, -0.1) is 0 Å². The molecular formula is C13H19N3O. The highest BCUT2D eigenvalue weighted by Crippen LogP contribution is 2.19. The second-order valence-corrected chi connectivity index (χ2v) is 3.67. The third-order valence-electron chi connectivity index (χ3n) is 2.38. The summed E-state index contributed by atoms with van der Waals surface area (Å²) in [6, 6.07) is 5.23. The molecule has 1 amide bonds. The van der Waals surface area contributed by atoms with Gasteiger partial charge in [0.2, 0.25) is 0 Å². The van der Waals surface area contributed by atoms with E-state index in [1.165, 1.54) is 0 Å². The highest BCUT2D eigenvalue weighted by molar-refractivity contribution is 6.00. The van der Waals surface area contributed by atoms with Gasteiger partial charge in [-0.25, -0.2) is 0 Å². The van der Waals surface area contributed by atoms with Crippen LogP contribution in [0.5, 0.6) is 0 Å². The first-order chi connectivity index (χ1) is 8.19. The predicted octanol–water partition coefficient (Wildman–Crippen LogP) is 2.01. The van der Waals surface area contributed by atoms with E-state index in [-0.39, 0.29) is 5.91 Å². The first-order valence-electron chi connectivity index (χ1n) is 5.65. The molecule has 4 nitrogen and oxygen atoms in total. The number of nitrogen functional groups attached to an aromatic ring is 1. The molecule has 1 rings (SSSR count). The monoisotopic (exact) mass is 233 g/mol. The largest absolute Gasteiger partial charge is 0.399 e. The quantitative estimate of drug-likeness (QED) is 0.414. The Labute approximate surface area is 102 Å². The van der Waals surface area contributed by atoms with Crippen molar-refractivity contribution in [3.8, 4) is 0 Å². The summed E-state index contributed by atoms with van der Waals surface area (Å²) >= 11 is 0. The van der Waals surface area contributed by atoms with Crippen LogP contribution in [0.3, 0.4) is 0 Å². The Hall–Kier alpha value is -1.97. The molecule has 0 aliphatic heterocycles. The van der Waals surface area contributed by atoms with E-state index < -0.39 is 0 Å². The Morgan fingerprint density at radius 3 is 2.88 bits per heavy atom. The van der Waals surface area contributed by atoms with Gasteiger partial charge in [-0.1, -0.05) is 12.2 Å². The van der Waals surface area contributed by atoms with Gasteiger partial charge >= 0.3 is 0 Å². The molecule has 0 fully saturated rings. The number of rotatable bonds is 5. The van der Waals surface area contributed by atoms with Crippen LogP contribution in [-0.4, -0.2) is 19.5 Å².